The van der Waals surface area contributed by atoms with Crippen LogP contribution in [-0.2, 0) is 0 Å². The van der Waals surface area contributed by atoms with Crippen molar-refractivity contribution in [2.24, 2.45) is 11.8 Å². The lowest BCUT2D eigenvalue weighted by Crippen LogP contribution is -2.08. The molecule has 1 aromatic rings. The maximum atomic E-state index is 2.37. The molecule has 0 aliphatic heterocycles. The quantitative estimate of drug-likeness (QED) is 0.472. The van der Waals surface area contributed by atoms with Crippen molar-refractivity contribution in [3.05, 3.63) is 35.4 Å². The van der Waals surface area contributed by atoms with Gasteiger partial charge in [0.1, 0.15) is 0 Å². The molecular weight excluding hydrogens is 228 g/mol. The van der Waals surface area contributed by atoms with Gasteiger partial charge in [-0.15, -0.1) is 0 Å². The zero-order chi connectivity index (χ0) is 12.0. The van der Waals surface area contributed by atoms with E-state index in [9.17, 15) is 0 Å². The Labute approximate surface area is 123 Å². The maximum Gasteiger partial charge on any atom is -0.0398 e. The summed E-state index contributed by atoms with van der Waals surface area (Å²) in [6, 6.07) is 8.48. The van der Waals surface area contributed by atoms with Crippen molar-refractivity contribution in [2.45, 2.75) is 75.7 Å². The summed E-state index contributed by atoms with van der Waals surface area (Å²) in [5.41, 5.74) is 2.66. The summed E-state index contributed by atoms with van der Waals surface area (Å²) in [5.74, 6) is 2.04. The maximum absolute atomic E-state index is 2.37. The van der Waals surface area contributed by atoms with Gasteiger partial charge in [0.2, 0.25) is 0 Å². The molecular formula is C19H38. The van der Waals surface area contributed by atoms with Crippen molar-refractivity contribution >= 4 is 0 Å². The molecule has 1 aliphatic carbocycles. The summed E-state index contributed by atoms with van der Waals surface area (Å²) in [4.78, 5) is 0. The second-order valence-electron chi connectivity index (χ2n) is 5.52. The lowest BCUT2D eigenvalue weighted by molar-refractivity contribution is 0.308. The molecule has 0 heterocycles. The van der Waals surface area contributed by atoms with Crippen molar-refractivity contribution in [3.8, 4) is 0 Å². The number of hydrogen-bond acceptors (Lipinski definition) is 0. The molecule has 0 spiro atoms. The molecule has 0 unspecified atom stereocenters. The van der Waals surface area contributed by atoms with Gasteiger partial charge in [0.25, 0.3) is 0 Å². The van der Waals surface area contributed by atoms with E-state index in [1.165, 1.54) is 36.8 Å². The van der Waals surface area contributed by atoms with Crippen LogP contribution in [0.15, 0.2) is 24.3 Å². The van der Waals surface area contributed by atoms with E-state index in [1.807, 2.05) is 0 Å². The topological polar surface area (TPSA) is 0 Å². The predicted octanol–water partition coefficient (Wildman–Crippen LogP) is 7.04. The van der Waals surface area contributed by atoms with Crippen LogP contribution in [-0.4, -0.2) is 0 Å². The van der Waals surface area contributed by atoms with Gasteiger partial charge >= 0.3 is 0 Å². The third-order valence-electron chi connectivity index (χ3n) is 3.52. The van der Waals surface area contributed by atoms with Gasteiger partial charge in [-0.3, -0.25) is 0 Å². The largest absolute Gasteiger partial charge is 0.0776 e. The molecule has 0 heteroatoms. The van der Waals surface area contributed by atoms with Crippen molar-refractivity contribution in [3.63, 3.8) is 0 Å². The smallest absolute Gasteiger partial charge is 0.0398 e. The van der Waals surface area contributed by atoms with E-state index in [4.69, 9.17) is 0 Å². The summed E-state index contributed by atoms with van der Waals surface area (Å²) in [7, 11) is 0. The Bertz CT molecular complexity index is 244. The molecule has 0 aromatic heterocycles. The molecule has 0 amide bonds. The van der Waals surface area contributed by atoms with E-state index < -0.39 is 0 Å². The standard InChI is InChI=1S/C8H16.C8H10.3CH4/c2*1-7-3-5-8(2)6-4-7;;;/h7-8H,3-6H2,1-2H3;3-6H,1-2H3;3*1H4. The summed E-state index contributed by atoms with van der Waals surface area (Å²) < 4.78 is 0. The highest BCUT2D eigenvalue weighted by molar-refractivity contribution is 5.19. The van der Waals surface area contributed by atoms with E-state index >= 15 is 0 Å². The van der Waals surface area contributed by atoms with Crippen LogP contribution < -0.4 is 0 Å². The lowest BCUT2D eigenvalue weighted by atomic mass is 9.84. The zero-order valence-electron chi connectivity index (χ0n) is 11.3. The van der Waals surface area contributed by atoms with Crippen LogP contribution in [0.5, 0.6) is 0 Å². The van der Waals surface area contributed by atoms with Gasteiger partial charge in [-0.1, -0.05) is 97.2 Å². The summed E-state index contributed by atoms with van der Waals surface area (Å²) in [6.07, 6.45) is 5.89. The fourth-order valence-corrected chi connectivity index (χ4v) is 2.06. The lowest BCUT2D eigenvalue weighted by Gasteiger charge is -2.22. The Morgan fingerprint density at radius 2 is 0.842 bits per heavy atom. The molecule has 2 rings (SSSR count). The van der Waals surface area contributed by atoms with Crippen LogP contribution in [0.25, 0.3) is 0 Å². The second kappa shape index (κ2) is 12.3. The van der Waals surface area contributed by atoms with E-state index in [-0.39, 0.29) is 22.3 Å². The van der Waals surface area contributed by atoms with Crippen LogP contribution in [0.3, 0.4) is 0 Å². The summed E-state index contributed by atoms with van der Waals surface area (Å²) >= 11 is 0. The molecule has 1 saturated carbocycles. The van der Waals surface area contributed by atoms with Crippen molar-refractivity contribution < 1.29 is 0 Å². The van der Waals surface area contributed by atoms with Crippen molar-refractivity contribution in [2.75, 3.05) is 0 Å². The highest BCUT2D eigenvalue weighted by atomic mass is 14.2. The molecule has 1 aliphatic rings. The van der Waals surface area contributed by atoms with Crippen LogP contribution in [0.1, 0.15) is 72.9 Å². The average molecular weight is 267 g/mol. The summed E-state index contributed by atoms with van der Waals surface area (Å²) in [5, 5.41) is 0. The van der Waals surface area contributed by atoms with Crippen molar-refractivity contribution in [1.29, 1.82) is 0 Å². The predicted molar refractivity (Wildman–Crippen MR) is 92.9 cm³/mol. The first kappa shape index (κ1) is 23.3. The van der Waals surface area contributed by atoms with Gasteiger partial charge in [-0.05, 0) is 25.7 Å². The van der Waals surface area contributed by atoms with Gasteiger partial charge in [-0.2, -0.15) is 0 Å². The molecule has 0 bridgehead atoms. The van der Waals surface area contributed by atoms with E-state index in [0.29, 0.717) is 0 Å². The van der Waals surface area contributed by atoms with Crippen LogP contribution in [0, 0.1) is 25.7 Å². The minimum absolute atomic E-state index is 0. The SMILES string of the molecule is C.C.C.CC1CCC(C)CC1.Cc1ccc(C)cc1. The number of rotatable bonds is 0. The number of benzene rings is 1. The number of aryl methyl sites for hydroxylation is 2. The zero-order valence-corrected chi connectivity index (χ0v) is 11.3. The highest BCUT2D eigenvalue weighted by Crippen LogP contribution is 2.27. The molecule has 1 fully saturated rings. The molecule has 0 saturated heterocycles. The minimum Gasteiger partial charge on any atom is -0.0776 e. The van der Waals surface area contributed by atoms with E-state index in [1.54, 1.807) is 0 Å². The third kappa shape index (κ3) is 10.8. The van der Waals surface area contributed by atoms with Crippen molar-refractivity contribution in [1.82, 2.24) is 0 Å². The van der Waals surface area contributed by atoms with Crippen LogP contribution >= 0.6 is 0 Å². The minimum atomic E-state index is 0. The normalized spacial score (nSPS) is 20.6. The number of hydrogen-bond donors (Lipinski definition) is 0. The molecule has 0 N–H and O–H groups in total. The molecule has 0 radical (unpaired) electrons. The van der Waals surface area contributed by atoms with Crippen LogP contribution in [0.4, 0.5) is 0 Å². The Kier molecular flexibility index (Phi) is 15.1. The average Bonchev–Trinajstić information content (AvgIpc) is 2.28. The van der Waals surface area contributed by atoms with E-state index in [0.717, 1.165) is 11.8 Å². The van der Waals surface area contributed by atoms with E-state index in [2.05, 4.69) is 52.0 Å². The van der Waals surface area contributed by atoms with Gasteiger partial charge in [0.05, 0.1) is 0 Å². The molecule has 1 aromatic carbocycles. The molecule has 0 nitrogen and oxygen atoms in total. The molecule has 114 valence electrons. The van der Waals surface area contributed by atoms with Crippen LogP contribution in [0.2, 0.25) is 0 Å². The Hall–Kier alpha value is -0.780. The van der Waals surface area contributed by atoms with Gasteiger partial charge in [-0.25, -0.2) is 0 Å². The molecule has 0 atom stereocenters. The summed E-state index contributed by atoms with van der Waals surface area (Å²) in [6.45, 7) is 8.93. The Morgan fingerprint density at radius 1 is 0.632 bits per heavy atom. The van der Waals surface area contributed by atoms with Gasteiger partial charge in [0, 0.05) is 0 Å². The fraction of sp³-hybridized carbons (Fsp3) is 0.684. The first-order valence-electron chi connectivity index (χ1n) is 6.61. The second-order valence-corrected chi connectivity index (χ2v) is 5.52. The fourth-order valence-electron chi connectivity index (χ4n) is 2.06. The Balaban J connectivity index is -0.000000233. The Morgan fingerprint density at radius 3 is 1.05 bits per heavy atom. The highest BCUT2D eigenvalue weighted by Gasteiger charge is 2.13. The first-order chi connectivity index (χ1) is 7.58. The third-order valence-corrected chi connectivity index (χ3v) is 3.52. The van der Waals surface area contributed by atoms with Gasteiger partial charge < -0.3 is 0 Å². The first-order valence-corrected chi connectivity index (χ1v) is 6.61. The monoisotopic (exact) mass is 266 g/mol. The van der Waals surface area contributed by atoms with Gasteiger partial charge in [0.15, 0.2) is 0 Å². The molecule has 19 heavy (non-hydrogen) atoms.